The van der Waals surface area contributed by atoms with Gasteiger partial charge >= 0.3 is 0 Å². The first-order valence-corrected chi connectivity index (χ1v) is 7.28. The van der Waals surface area contributed by atoms with Crippen molar-refractivity contribution < 1.29 is 0 Å². The zero-order valence-electron chi connectivity index (χ0n) is 10.8. The van der Waals surface area contributed by atoms with Crippen molar-refractivity contribution in [1.82, 2.24) is 10.2 Å². The third-order valence-corrected chi connectivity index (χ3v) is 4.94. The minimum atomic E-state index is 0.786. The lowest BCUT2D eigenvalue weighted by molar-refractivity contribution is 0.0689. The molecule has 1 N–H and O–H groups in total. The summed E-state index contributed by atoms with van der Waals surface area (Å²) in [5, 5.41) is 3.82. The van der Waals surface area contributed by atoms with Crippen molar-refractivity contribution in [3.63, 3.8) is 0 Å². The predicted molar refractivity (Wildman–Crippen MR) is 67.5 cm³/mol. The Hall–Kier alpha value is -0.0800. The fraction of sp³-hybridized carbons (Fsp3) is 1.00. The molecule has 3 unspecified atom stereocenters. The van der Waals surface area contributed by atoms with E-state index in [1.54, 1.807) is 0 Å². The average molecular weight is 222 g/mol. The Morgan fingerprint density at radius 3 is 2.44 bits per heavy atom. The van der Waals surface area contributed by atoms with Gasteiger partial charge in [-0.3, -0.25) is 4.90 Å². The molecular formula is C14H26N2. The lowest BCUT2D eigenvalue weighted by Crippen LogP contribution is -2.60. The van der Waals surface area contributed by atoms with Gasteiger partial charge in [-0.2, -0.15) is 0 Å². The molecular weight excluding hydrogens is 196 g/mol. The zero-order valence-corrected chi connectivity index (χ0v) is 10.8. The standard InChI is InChI=1S/C14H26N2/c1-3-10(2)16-9-13(11-4-5-11)15-8-14(16)12-6-7-12/h10-15H,3-9H2,1-2H3. The van der Waals surface area contributed by atoms with E-state index in [1.807, 2.05) is 0 Å². The third kappa shape index (κ3) is 2.14. The molecule has 1 heterocycles. The summed E-state index contributed by atoms with van der Waals surface area (Å²) in [6.07, 6.45) is 7.21. The van der Waals surface area contributed by atoms with Gasteiger partial charge in [0.25, 0.3) is 0 Å². The average Bonchev–Trinajstić information content (AvgIpc) is 3.20. The highest BCUT2D eigenvalue weighted by atomic mass is 15.3. The van der Waals surface area contributed by atoms with Gasteiger partial charge in [0, 0.05) is 31.2 Å². The number of nitrogens with one attached hydrogen (secondary N) is 1. The first-order valence-electron chi connectivity index (χ1n) is 7.28. The normalized spacial score (nSPS) is 38.6. The van der Waals surface area contributed by atoms with E-state index in [2.05, 4.69) is 24.1 Å². The highest BCUT2D eigenvalue weighted by Crippen LogP contribution is 2.40. The molecule has 0 radical (unpaired) electrons. The van der Waals surface area contributed by atoms with Crippen molar-refractivity contribution >= 4 is 0 Å². The molecule has 0 amide bonds. The van der Waals surface area contributed by atoms with Crippen molar-refractivity contribution in [1.29, 1.82) is 0 Å². The Morgan fingerprint density at radius 1 is 1.19 bits per heavy atom. The molecule has 92 valence electrons. The lowest BCUT2D eigenvalue weighted by atomic mass is 9.99. The molecule has 0 spiro atoms. The van der Waals surface area contributed by atoms with E-state index in [-0.39, 0.29) is 0 Å². The Morgan fingerprint density at radius 2 is 1.88 bits per heavy atom. The maximum Gasteiger partial charge on any atom is 0.0252 e. The number of rotatable bonds is 4. The molecule has 1 saturated heterocycles. The molecule has 0 aromatic heterocycles. The second-order valence-corrected chi connectivity index (χ2v) is 6.21. The SMILES string of the molecule is CCC(C)N1CC(C2CC2)NCC1C1CC1. The Labute approximate surface area is 99.8 Å². The van der Waals surface area contributed by atoms with Crippen LogP contribution in [-0.2, 0) is 0 Å². The molecule has 3 aliphatic rings. The summed E-state index contributed by atoms with van der Waals surface area (Å²) in [7, 11) is 0. The van der Waals surface area contributed by atoms with Gasteiger partial charge in [0.05, 0.1) is 0 Å². The first kappa shape index (κ1) is 11.0. The van der Waals surface area contributed by atoms with Gasteiger partial charge in [-0.1, -0.05) is 6.92 Å². The van der Waals surface area contributed by atoms with E-state index in [1.165, 1.54) is 45.2 Å². The highest BCUT2D eigenvalue weighted by molar-refractivity contribution is 5.00. The van der Waals surface area contributed by atoms with Gasteiger partial charge in [-0.05, 0) is 50.9 Å². The molecule has 0 aromatic carbocycles. The number of hydrogen-bond donors (Lipinski definition) is 1. The molecule has 16 heavy (non-hydrogen) atoms. The molecule has 3 atom stereocenters. The van der Waals surface area contributed by atoms with Crippen LogP contribution >= 0.6 is 0 Å². The monoisotopic (exact) mass is 222 g/mol. The van der Waals surface area contributed by atoms with Crippen molar-refractivity contribution in [3.05, 3.63) is 0 Å². The lowest BCUT2D eigenvalue weighted by Gasteiger charge is -2.44. The Balaban J connectivity index is 1.65. The van der Waals surface area contributed by atoms with Crippen LogP contribution in [0.25, 0.3) is 0 Å². The summed E-state index contributed by atoms with van der Waals surface area (Å²) in [4.78, 5) is 2.83. The summed E-state index contributed by atoms with van der Waals surface area (Å²) in [6, 6.07) is 2.45. The quantitative estimate of drug-likeness (QED) is 0.785. The molecule has 2 nitrogen and oxygen atoms in total. The maximum atomic E-state index is 3.82. The van der Waals surface area contributed by atoms with Crippen LogP contribution in [0.2, 0.25) is 0 Å². The Bertz CT molecular complexity index is 245. The van der Waals surface area contributed by atoms with Gasteiger partial charge in [-0.15, -0.1) is 0 Å². The molecule has 3 fully saturated rings. The molecule has 2 aliphatic carbocycles. The van der Waals surface area contributed by atoms with Crippen LogP contribution < -0.4 is 5.32 Å². The second kappa shape index (κ2) is 4.30. The zero-order chi connectivity index (χ0) is 11.1. The van der Waals surface area contributed by atoms with E-state index < -0.39 is 0 Å². The van der Waals surface area contributed by atoms with E-state index >= 15 is 0 Å². The number of piperazine rings is 1. The van der Waals surface area contributed by atoms with Crippen LogP contribution in [0.15, 0.2) is 0 Å². The van der Waals surface area contributed by atoms with Crippen LogP contribution in [0.5, 0.6) is 0 Å². The summed E-state index contributed by atoms with van der Waals surface area (Å²) in [5.41, 5.74) is 0. The fourth-order valence-electron chi connectivity index (χ4n) is 3.29. The minimum Gasteiger partial charge on any atom is -0.311 e. The largest absolute Gasteiger partial charge is 0.311 e. The topological polar surface area (TPSA) is 15.3 Å². The van der Waals surface area contributed by atoms with Crippen molar-refractivity contribution in [2.45, 2.75) is 64.1 Å². The number of hydrogen-bond acceptors (Lipinski definition) is 2. The van der Waals surface area contributed by atoms with Crippen LogP contribution in [0.4, 0.5) is 0 Å². The predicted octanol–water partition coefficient (Wildman–Crippen LogP) is 2.25. The van der Waals surface area contributed by atoms with Crippen molar-refractivity contribution in [2.75, 3.05) is 13.1 Å². The smallest absolute Gasteiger partial charge is 0.0252 e. The number of nitrogens with zero attached hydrogens (tertiary/aromatic N) is 1. The van der Waals surface area contributed by atoms with Crippen LogP contribution in [-0.4, -0.2) is 36.1 Å². The molecule has 0 bridgehead atoms. The first-order chi connectivity index (χ1) is 7.79. The summed E-state index contributed by atoms with van der Waals surface area (Å²) >= 11 is 0. The highest BCUT2D eigenvalue weighted by Gasteiger charge is 2.43. The van der Waals surface area contributed by atoms with Gasteiger partial charge in [-0.25, -0.2) is 0 Å². The van der Waals surface area contributed by atoms with Gasteiger partial charge in [0.15, 0.2) is 0 Å². The van der Waals surface area contributed by atoms with Gasteiger partial charge in [0.2, 0.25) is 0 Å². The Kier molecular flexibility index (Phi) is 2.97. The molecule has 2 heteroatoms. The molecule has 3 rings (SSSR count). The second-order valence-electron chi connectivity index (χ2n) is 6.21. The van der Waals surface area contributed by atoms with Gasteiger partial charge in [0.1, 0.15) is 0 Å². The molecule has 0 aromatic rings. The minimum absolute atomic E-state index is 0.786. The van der Waals surface area contributed by atoms with Gasteiger partial charge < -0.3 is 5.32 Å². The van der Waals surface area contributed by atoms with Crippen LogP contribution in [0.3, 0.4) is 0 Å². The van der Waals surface area contributed by atoms with E-state index in [4.69, 9.17) is 0 Å². The van der Waals surface area contributed by atoms with E-state index in [0.29, 0.717) is 0 Å². The van der Waals surface area contributed by atoms with Crippen molar-refractivity contribution in [2.24, 2.45) is 11.8 Å². The fourth-order valence-corrected chi connectivity index (χ4v) is 3.29. The summed E-state index contributed by atoms with van der Waals surface area (Å²) in [6.45, 7) is 7.34. The summed E-state index contributed by atoms with van der Waals surface area (Å²) < 4.78 is 0. The molecule has 2 saturated carbocycles. The van der Waals surface area contributed by atoms with E-state index in [0.717, 1.165) is 30.0 Å². The van der Waals surface area contributed by atoms with Crippen LogP contribution in [0.1, 0.15) is 46.0 Å². The summed E-state index contributed by atoms with van der Waals surface area (Å²) in [5.74, 6) is 2.02. The van der Waals surface area contributed by atoms with Crippen LogP contribution in [0, 0.1) is 11.8 Å². The van der Waals surface area contributed by atoms with Crippen molar-refractivity contribution in [3.8, 4) is 0 Å². The van der Waals surface area contributed by atoms with E-state index in [9.17, 15) is 0 Å². The maximum absolute atomic E-state index is 3.82. The molecule has 1 aliphatic heterocycles. The third-order valence-electron chi connectivity index (χ3n) is 4.94.